The van der Waals surface area contributed by atoms with E-state index in [1.54, 1.807) is 12.1 Å². The molecule has 2 heterocycles. The maximum Gasteiger partial charge on any atom is 0.251 e. The largest absolute Gasteiger partial charge is 0.348 e. The number of likely N-dealkylation sites (tertiary alicyclic amines) is 1. The molecule has 1 amide bonds. The molecule has 0 saturated carbocycles. The molecule has 1 fully saturated rings. The van der Waals surface area contributed by atoms with E-state index in [1.165, 1.54) is 11.0 Å². The summed E-state index contributed by atoms with van der Waals surface area (Å²) in [6.45, 7) is 4.96. The zero-order valence-electron chi connectivity index (χ0n) is 18.4. The highest BCUT2D eigenvalue weighted by Crippen LogP contribution is 2.31. The molecule has 1 atom stereocenters. The monoisotopic (exact) mass is 474 g/mol. The van der Waals surface area contributed by atoms with Crippen LogP contribution < -0.4 is 5.32 Å². The Kier molecular flexibility index (Phi) is 6.71. The Morgan fingerprint density at radius 3 is 2.64 bits per heavy atom. The predicted molar refractivity (Wildman–Crippen MR) is 122 cm³/mol. The van der Waals surface area contributed by atoms with Crippen LogP contribution in [0.3, 0.4) is 0 Å². The molecule has 3 aromatic rings. The van der Waals surface area contributed by atoms with E-state index in [1.807, 2.05) is 43.0 Å². The number of aromatic nitrogens is 4. The third-order valence-electron chi connectivity index (χ3n) is 5.73. The number of hydrogen-bond donors (Lipinski definition) is 1. The Balaban J connectivity index is 1.56. The van der Waals surface area contributed by atoms with E-state index in [9.17, 15) is 13.6 Å². The first kappa shape index (κ1) is 23.3. The lowest BCUT2D eigenvalue weighted by Gasteiger charge is -2.33. The van der Waals surface area contributed by atoms with Gasteiger partial charge in [-0.15, -0.1) is 5.10 Å². The van der Waals surface area contributed by atoms with Crippen LogP contribution in [0.25, 0.3) is 16.8 Å². The predicted octanol–water partition coefficient (Wildman–Crippen LogP) is 4.14. The van der Waals surface area contributed by atoms with Crippen LogP contribution >= 0.6 is 11.6 Å². The first-order valence-corrected chi connectivity index (χ1v) is 11.1. The lowest BCUT2D eigenvalue weighted by atomic mass is 10.00. The highest BCUT2D eigenvalue weighted by molar-refractivity contribution is 6.33. The number of tetrazole rings is 1. The first-order valence-electron chi connectivity index (χ1n) is 10.8. The minimum atomic E-state index is -2.59. The van der Waals surface area contributed by atoms with Gasteiger partial charge in [-0.25, -0.2) is 13.5 Å². The number of nitrogens with zero attached hydrogens (tertiary/aromatic N) is 5. The van der Waals surface area contributed by atoms with Crippen LogP contribution in [0.5, 0.6) is 0 Å². The third kappa shape index (κ3) is 5.72. The number of piperidine rings is 1. The lowest BCUT2D eigenvalue weighted by Crippen LogP contribution is -2.46. The molecule has 2 aromatic carbocycles. The third-order valence-corrected chi connectivity index (χ3v) is 6.04. The van der Waals surface area contributed by atoms with Gasteiger partial charge in [0.15, 0.2) is 0 Å². The first-order chi connectivity index (χ1) is 15.7. The van der Waals surface area contributed by atoms with Crippen molar-refractivity contribution in [2.75, 3.05) is 19.6 Å². The number of aryl methyl sites for hydroxylation is 1. The number of carbonyl (C=O) groups excluding carboxylic acids is 1. The van der Waals surface area contributed by atoms with Crippen LogP contribution in [-0.4, -0.2) is 62.6 Å². The van der Waals surface area contributed by atoms with Crippen LogP contribution in [-0.2, 0) is 0 Å². The van der Waals surface area contributed by atoms with Crippen molar-refractivity contribution in [1.29, 1.82) is 0 Å². The second-order valence-electron chi connectivity index (χ2n) is 8.54. The summed E-state index contributed by atoms with van der Waals surface area (Å²) in [6.07, 6.45) is 1.15. The quantitative estimate of drug-likeness (QED) is 0.581. The molecule has 0 radical (unpaired) electrons. The van der Waals surface area contributed by atoms with Gasteiger partial charge >= 0.3 is 0 Å². The van der Waals surface area contributed by atoms with E-state index >= 15 is 0 Å². The van der Waals surface area contributed by atoms with Crippen molar-refractivity contribution in [2.45, 2.75) is 38.7 Å². The maximum atomic E-state index is 13.4. The molecule has 7 nitrogen and oxygen atoms in total. The van der Waals surface area contributed by atoms with Crippen LogP contribution in [0.2, 0.25) is 5.02 Å². The second-order valence-corrected chi connectivity index (χ2v) is 8.94. The molecule has 10 heteroatoms. The molecule has 1 aliphatic rings. The highest BCUT2D eigenvalue weighted by atomic mass is 35.5. The van der Waals surface area contributed by atoms with Gasteiger partial charge in [0.25, 0.3) is 11.8 Å². The second kappa shape index (κ2) is 9.52. The van der Waals surface area contributed by atoms with E-state index in [2.05, 4.69) is 20.8 Å². The Bertz CT molecular complexity index is 1130. The lowest BCUT2D eigenvalue weighted by molar-refractivity contribution is -0.0560. The molecule has 0 aliphatic carbocycles. The minimum Gasteiger partial charge on any atom is -0.348 e. The standard InChI is InChI=1S/C23H25ClF2N6O/c1-15-3-4-20(21(24)9-15)17-10-18(12-19(11-17)32-14-27-29-30-32)22(33)28-16(2)13-31-7-5-23(25,26)6-8-31/h3-4,9-12,14,16H,5-8,13H2,1-2H3,(H,28,33)/t16-/m1/s1. The van der Waals surface area contributed by atoms with Crippen molar-refractivity contribution in [2.24, 2.45) is 0 Å². The Morgan fingerprint density at radius 1 is 1.21 bits per heavy atom. The molecule has 1 aliphatic heterocycles. The molecular weight excluding hydrogens is 450 g/mol. The summed E-state index contributed by atoms with van der Waals surface area (Å²) in [5.74, 6) is -2.86. The van der Waals surface area contributed by atoms with Crippen molar-refractivity contribution in [1.82, 2.24) is 30.4 Å². The van der Waals surface area contributed by atoms with Crippen LogP contribution in [0.15, 0.2) is 42.7 Å². The summed E-state index contributed by atoms with van der Waals surface area (Å²) in [6, 6.07) is 10.8. The van der Waals surface area contributed by atoms with Crippen molar-refractivity contribution in [3.05, 3.63) is 58.9 Å². The van der Waals surface area contributed by atoms with E-state index in [4.69, 9.17) is 11.6 Å². The Morgan fingerprint density at radius 2 is 1.97 bits per heavy atom. The smallest absolute Gasteiger partial charge is 0.251 e. The molecular formula is C23H25ClF2N6O. The summed E-state index contributed by atoms with van der Waals surface area (Å²) in [5, 5.41) is 14.8. The summed E-state index contributed by atoms with van der Waals surface area (Å²) >= 11 is 6.48. The van der Waals surface area contributed by atoms with Gasteiger partial charge in [0.2, 0.25) is 0 Å². The van der Waals surface area contributed by atoms with Gasteiger partial charge in [0.1, 0.15) is 6.33 Å². The average molecular weight is 475 g/mol. The number of amides is 1. The van der Waals surface area contributed by atoms with Gasteiger partial charge in [-0.2, -0.15) is 0 Å². The zero-order chi connectivity index (χ0) is 23.6. The zero-order valence-corrected chi connectivity index (χ0v) is 19.2. The summed E-state index contributed by atoms with van der Waals surface area (Å²) < 4.78 is 28.3. The molecule has 0 unspecified atom stereocenters. The van der Waals surface area contributed by atoms with Gasteiger partial charge < -0.3 is 10.2 Å². The van der Waals surface area contributed by atoms with Crippen molar-refractivity contribution >= 4 is 17.5 Å². The number of nitrogens with one attached hydrogen (secondary N) is 1. The Labute approximate surface area is 195 Å². The molecule has 4 rings (SSSR count). The van der Waals surface area contributed by atoms with E-state index in [-0.39, 0.29) is 24.8 Å². The maximum absolute atomic E-state index is 13.4. The number of rotatable bonds is 6. The molecule has 174 valence electrons. The molecule has 1 saturated heterocycles. The molecule has 1 N–H and O–H groups in total. The summed E-state index contributed by atoms with van der Waals surface area (Å²) in [5.41, 5.74) is 3.61. The van der Waals surface area contributed by atoms with Crippen molar-refractivity contribution in [3.8, 4) is 16.8 Å². The molecule has 33 heavy (non-hydrogen) atoms. The van der Waals surface area contributed by atoms with Crippen molar-refractivity contribution in [3.63, 3.8) is 0 Å². The fourth-order valence-electron chi connectivity index (χ4n) is 3.97. The summed E-state index contributed by atoms with van der Waals surface area (Å²) in [4.78, 5) is 15.1. The molecule has 0 spiro atoms. The van der Waals surface area contributed by atoms with E-state index in [0.717, 1.165) is 16.7 Å². The SMILES string of the molecule is Cc1ccc(-c2cc(C(=O)N[C@H](C)CN3CCC(F)(F)CC3)cc(-n3cnnn3)c2)c(Cl)c1. The van der Waals surface area contributed by atoms with Gasteiger partial charge in [0, 0.05) is 54.7 Å². The topological polar surface area (TPSA) is 75.9 Å². The Hall–Kier alpha value is -2.91. The number of hydrogen-bond acceptors (Lipinski definition) is 5. The van der Waals surface area contributed by atoms with Gasteiger partial charge in [-0.3, -0.25) is 4.79 Å². The van der Waals surface area contributed by atoms with Crippen LogP contribution in [0, 0.1) is 6.92 Å². The number of benzene rings is 2. The van der Waals surface area contributed by atoms with Gasteiger partial charge in [-0.1, -0.05) is 23.7 Å². The molecule has 1 aromatic heterocycles. The number of halogens is 3. The van der Waals surface area contributed by atoms with Crippen LogP contribution in [0.4, 0.5) is 8.78 Å². The van der Waals surface area contributed by atoms with Gasteiger partial charge in [-0.05, 0) is 59.7 Å². The van der Waals surface area contributed by atoms with E-state index in [0.29, 0.717) is 35.9 Å². The minimum absolute atomic E-state index is 0.150. The average Bonchev–Trinajstić information content (AvgIpc) is 3.30. The van der Waals surface area contributed by atoms with E-state index < -0.39 is 5.92 Å². The van der Waals surface area contributed by atoms with Crippen LogP contribution in [0.1, 0.15) is 35.7 Å². The fourth-order valence-corrected chi connectivity index (χ4v) is 4.31. The highest BCUT2D eigenvalue weighted by Gasteiger charge is 2.34. The molecule has 0 bridgehead atoms. The summed E-state index contributed by atoms with van der Waals surface area (Å²) in [7, 11) is 0. The fraction of sp³-hybridized carbons (Fsp3) is 0.391. The van der Waals surface area contributed by atoms with Crippen molar-refractivity contribution < 1.29 is 13.6 Å². The number of carbonyl (C=O) groups is 1. The normalized spacial score (nSPS) is 17.0. The van der Waals surface area contributed by atoms with Gasteiger partial charge in [0.05, 0.1) is 5.69 Å². The number of alkyl halides is 2.